The van der Waals surface area contributed by atoms with Crippen LogP contribution in [0, 0.1) is 0 Å². The summed E-state index contributed by atoms with van der Waals surface area (Å²) < 4.78 is 15.3. The van der Waals surface area contributed by atoms with Crippen molar-refractivity contribution in [3.8, 4) is 16.8 Å². The fourth-order valence-corrected chi connectivity index (χ4v) is 8.95. The zero-order chi connectivity index (χ0) is 37.5. The Morgan fingerprint density at radius 2 is 1.21 bits per heavy atom. The lowest BCUT2D eigenvalue weighted by Gasteiger charge is -2.33. The van der Waals surface area contributed by atoms with Gasteiger partial charge in [-0.15, -0.1) is 0 Å². The van der Waals surface area contributed by atoms with Crippen molar-refractivity contribution in [2.45, 2.75) is 25.2 Å². The molecule has 7 aromatic carbocycles. The van der Waals surface area contributed by atoms with Gasteiger partial charge in [-0.2, -0.15) is 0 Å². The molecule has 2 atom stereocenters. The number of benzene rings is 7. The van der Waals surface area contributed by atoms with Crippen molar-refractivity contribution in [1.82, 2.24) is 15.2 Å². The van der Waals surface area contributed by atoms with E-state index in [2.05, 4.69) is 179 Å². The lowest BCUT2D eigenvalue weighted by atomic mass is 9.99. The summed E-state index contributed by atoms with van der Waals surface area (Å²) in [6.07, 6.45) is 8.36. The van der Waals surface area contributed by atoms with Crippen molar-refractivity contribution >= 4 is 71.5 Å². The highest BCUT2D eigenvalue weighted by Crippen LogP contribution is 2.39. The summed E-state index contributed by atoms with van der Waals surface area (Å²) in [4.78, 5) is 5.13. The normalized spacial score (nSPS) is 17.2. The third-order valence-corrected chi connectivity index (χ3v) is 11.8. The van der Waals surface area contributed by atoms with Gasteiger partial charge < -0.3 is 18.7 Å². The Labute approximate surface area is 328 Å². The Bertz CT molecular complexity index is 3270. The number of fused-ring (bicyclic) bond motifs is 9. The monoisotopic (exact) mass is 736 g/mol. The smallest absolute Gasteiger partial charge is 0.137 e. The number of nitrogens with one attached hydrogen (secondary N) is 2. The SMILES string of the molecule is C1=CCCC(C2N=C(c3ccccc3)NC(c3ccc4oc5cc(-c6ccc7oc8cc(-n9c%10ccccc%10c%10ccccc%109)ccc8c7c6)ccc5c4c3)N2)=C1. The molecule has 272 valence electrons. The molecular weight excluding hydrogens is 701 g/mol. The van der Waals surface area contributed by atoms with Crippen LogP contribution in [0.3, 0.4) is 0 Å². The second-order valence-corrected chi connectivity index (χ2v) is 15.1. The average Bonchev–Trinajstić information content (AvgIpc) is 3.95. The van der Waals surface area contributed by atoms with E-state index < -0.39 is 0 Å². The molecule has 0 amide bonds. The Morgan fingerprint density at radius 1 is 0.544 bits per heavy atom. The average molecular weight is 737 g/mol. The van der Waals surface area contributed by atoms with Crippen LogP contribution in [-0.4, -0.2) is 16.6 Å². The number of nitrogens with zero attached hydrogens (tertiary/aromatic N) is 2. The van der Waals surface area contributed by atoms with Gasteiger partial charge in [0.1, 0.15) is 40.5 Å². The number of hydrogen-bond donors (Lipinski definition) is 2. The first kappa shape index (κ1) is 32.1. The first-order chi connectivity index (χ1) is 28.2. The molecule has 4 heterocycles. The lowest BCUT2D eigenvalue weighted by molar-refractivity contribution is 0.425. The Hall–Kier alpha value is -7.15. The highest BCUT2D eigenvalue weighted by molar-refractivity contribution is 6.11. The summed E-state index contributed by atoms with van der Waals surface area (Å²) >= 11 is 0. The third-order valence-electron chi connectivity index (χ3n) is 11.8. The zero-order valence-electron chi connectivity index (χ0n) is 30.9. The van der Waals surface area contributed by atoms with E-state index in [9.17, 15) is 0 Å². The first-order valence-electron chi connectivity index (χ1n) is 19.6. The van der Waals surface area contributed by atoms with Crippen LogP contribution in [-0.2, 0) is 0 Å². The molecule has 10 aromatic rings. The van der Waals surface area contributed by atoms with E-state index in [-0.39, 0.29) is 12.3 Å². The van der Waals surface area contributed by atoms with Crippen LogP contribution < -0.4 is 10.6 Å². The van der Waals surface area contributed by atoms with E-state index in [1.807, 2.05) is 6.07 Å². The quantitative estimate of drug-likeness (QED) is 0.185. The van der Waals surface area contributed by atoms with Crippen LogP contribution in [0.15, 0.2) is 189 Å². The number of aliphatic imine (C=N–C) groups is 1. The van der Waals surface area contributed by atoms with Crippen LogP contribution >= 0.6 is 0 Å². The summed E-state index contributed by atoms with van der Waals surface area (Å²) in [5, 5.41) is 14.3. The van der Waals surface area contributed by atoms with Gasteiger partial charge in [-0.05, 0) is 95.8 Å². The Kier molecular flexibility index (Phi) is 7.16. The van der Waals surface area contributed by atoms with Gasteiger partial charge in [0.25, 0.3) is 0 Å². The van der Waals surface area contributed by atoms with E-state index in [1.165, 1.54) is 27.4 Å². The van der Waals surface area contributed by atoms with E-state index in [4.69, 9.17) is 13.8 Å². The van der Waals surface area contributed by atoms with Crippen molar-refractivity contribution in [2.75, 3.05) is 0 Å². The molecule has 1 aliphatic heterocycles. The first-order valence-corrected chi connectivity index (χ1v) is 19.6. The van der Waals surface area contributed by atoms with Gasteiger partial charge in [0.2, 0.25) is 0 Å². The van der Waals surface area contributed by atoms with Gasteiger partial charge in [-0.3, -0.25) is 5.32 Å². The lowest BCUT2D eigenvalue weighted by Crippen LogP contribution is -2.49. The summed E-state index contributed by atoms with van der Waals surface area (Å²) in [6, 6.07) is 53.7. The van der Waals surface area contributed by atoms with Crippen LogP contribution in [0.25, 0.3) is 82.5 Å². The molecule has 3 aromatic heterocycles. The minimum Gasteiger partial charge on any atom is -0.456 e. The van der Waals surface area contributed by atoms with E-state index in [0.717, 1.165) is 90.5 Å². The third kappa shape index (κ3) is 5.25. The van der Waals surface area contributed by atoms with Crippen LogP contribution in [0.1, 0.15) is 30.1 Å². The van der Waals surface area contributed by atoms with Crippen molar-refractivity contribution in [1.29, 1.82) is 0 Å². The second kappa shape index (κ2) is 12.7. The number of furan rings is 2. The molecule has 6 nitrogen and oxygen atoms in total. The molecule has 57 heavy (non-hydrogen) atoms. The fraction of sp³-hybridized carbons (Fsp3) is 0.0784. The van der Waals surface area contributed by atoms with E-state index >= 15 is 0 Å². The molecular formula is C51H36N4O2. The molecule has 2 N–H and O–H groups in total. The molecule has 0 fully saturated rings. The van der Waals surface area contributed by atoms with Gasteiger partial charge >= 0.3 is 0 Å². The maximum atomic E-state index is 6.51. The maximum absolute atomic E-state index is 6.51. The number of para-hydroxylation sites is 2. The largest absolute Gasteiger partial charge is 0.456 e. The number of hydrogen-bond acceptors (Lipinski definition) is 5. The summed E-state index contributed by atoms with van der Waals surface area (Å²) in [6.45, 7) is 0. The highest BCUT2D eigenvalue weighted by Gasteiger charge is 2.27. The Balaban J connectivity index is 0.888. The molecule has 1 aliphatic carbocycles. The van der Waals surface area contributed by atoms with Gasteiger partial charge in [-0.25, -0.2) is 4.99 Å². The molecule has 0 bridgehead atoms. The number of aromatic nitrogens is 1. The molecule has 0 radical (unpaired) electrons. The summed E-state index contributed by atoms with van der Waals surface area (Å²) in [7, 11) is 0. The van der Waals surface area contributed by atoms with Crippen molar-refractivity contribution in [3.05, 3.63) is 187 Å². The van der Waals surface area contributed by atoms with Gasteiger partial charge in [0.15, 0.2) is 0 Å². The minimum absolute atomic E-state index is 0.109. The molecule has 0 saturated heterocycles. The number of rotatable bonds is 5. The highest BCUT2D eigenvalue weighted by atomic mass is 16.3. The van der Waals surface area contributed by atoms with Gasteiger partial charge in [-0.1, -0.05) is 103 Å². The molecule has 6 heteroatoms. The Morgan fingerprint density at radius 3 is 1.98 bits per heavy atom. The maximum Gasteiger partial charge on any atom is 0.137 e. The topological polar surface area (TPSA) is 67.6 Å². The summed E-state index contributed by atoms with van der Waals surface area (Å²) in [5.74, 6) is 0.896. The standard InChI is InChI=1S/C51H36N4O2/c1-3-11-31(12-4-1)49-52-50(32-13-5-2-6-14-32)54-51(53-49)35-21-26-46-42(28-35)39-23-19-34(29-47(39)56-46)33-20-25-45-41(27-33)40-24-22-36(30-48(40)57-45)55-43-17-9-7-15-37(43)38-16-8-10-18-44(38)55/h1-5,7-13,15-30,50-51,54H,6,14H2,(H,52,53). The molecule has 0 saturated carbocycles. The number of amidine groups is 1. The molecule has 0 spiro atoms. The van der Waals surface area contributed by atoms with Crippen LogP contribution in [0.4, 0.5) is 0 Å². The molecule has 12 rings (SSSR count). The summed E-state index contributed by atoms with van der Waals surface area (Å²) in [5.41, 5.74) is 12.6. The minimum atomic E-state index is -0.127. The van der Waals surface area contributed by atoms with Gasteiger partial charge in [0.05, 0.1) is 11.0 Å². The number of allylic oxidation sites excluding steroid dienone is 3. The van der Waals surface area contributed by atoms with Crippen LogP contribution in [0.5, 0.6) is 0 Å². The van der Waals surface area contributed by atoms with Crippen LogP contribution in [0.2, 0.25) is 0 Å². The van der Waals surface area contributed by atoms with Gasteiger partial charge in [0, 0.05) is 49.6 Å². The molecule has 2 unspecified atom stereocenters. The van der Waals surface area contributed by atoms with Crippen molar-refractivity contribution in [2.24, 2.45) is 4.99 Å². The fourth-order valence-electron chi connectivity index (χ4n) is 8.95. The predicted octanol–water partition coefficient (Wildman–Crippen LogP) is 12.5. The van der Waals surface area contributed by atoms with Crippen molar-refractivity contribution < 1.29 is 8.83 Å². The van der Waals surface area contributed by atoms with E-state index in [1.54, 1.807) is 0 Å². The predicted molar refractivity (Wildman–Crippen MR) is 233 cm³/mol. The second-order valence-electron chi connectivity index (χ2n) is 15.1. The molecule has 2 aliphatic rings. The van der Waals surface area contributed by atoms with E-state index in [0.29, 0.717) is 0 Å². The zero-order valence-corrected chi connectivity index (χ0v) is 30.9. The van der Waals surface area contributed by atoms with Crippen molar-refractivity contribution in [3.63, 3.8) is 0 Å².